The summed E-state index contributed by atoms with van der Waals surface area (Å²) in [4.78, 5) is 16.0. The van der Waals surface area contributed by atoms with E-state index in [2.05, 4.69) is 4.98 Å². The van der Waals surface area contributed by atoms with E-state index in [4.69, 9.17) is 23.7 Å². The number of benzene rings is 2. The van der Waals surface area contributed by atoms with Crippen LogP contribution in [0.15, 0.2) is 79.0 Å². The van der Waals surface area contributed by atoms with Crippen LogP contribution in [0.3, 0.4) is 0 Å². The third-order valence-electron chi connectivity index (χ3n) is 6.19. The van der Waals surface area contributed by atoms with Crippen molar-refractivity contribution >= 4 is 5.97 Å². The predicted molar refractivity (Wildman–Crippen MR) is 124 cm³/mol. The van der Waals surface area contributed by atoms with Crippen molar-refractivity contribution in [1.82, 2.24) is 4.98 Å². The molecule has 5 rings (SSSR count). The van der Waals surface area contributed by atoms with Crippen LogP contribution in [-0.2, 0) is 30.1 Å². The summed E-state index contributed by atoms with van der Waals surface area (Å²) in [6, 6.07) is 22.6. The first-order valence-corrected chi connectivity index (χ1v) is 11.5. The van der Waals surface area contributed by atoms with Crippen LogP contribution in [-0.4, -0.2) is 54.2 Å². The summed E-state index contributed by atoms with van der Waals surface area (Å²) in [5.74, 6) is -0.493. The Morgan fingerprint density at radius 2 is 1.40 bits per heavy atom. The van der Waals surface area contributed by atoms with Crippen molar-refractivity contribution in [1.29, 1.82) is 0 Å². The van der Waals surface area contributed by atoms with Gasteiger partial charge in [0.25, 0.3) is 0 Å². The zero-order chi connectivity index (χ0) is 24.2. The first-order chi connectivity index (χ1) is 17.2. The maximum atomic E-state index is 11.8. The molecule has 2 unspecified atom stereocenters. The first-order valence-electron chi connectivity index (χ1n) is 11.5. The van der Waals surface area contributed by atoms with Gasteiger partial charge in [-0.2, -0.15) is 0 Å². The van der Waals surface area contributed by atoms with Crippen molar-refractivity contribution in [2.75, 3.05) is 13.7 Å². The number of aromatic nitrogens is 1. The molecule has 0 radical (unpaired) electrons. The highest BCUT2D eigenvalue weighted by atomic mass is 16.8. The minimum absolute atomic E-state index is 0.225. The lowest BCUT2D eigenvalue weighted by Crippen LogP contribution is -2.59. The van der Waals surface area contributed by atoms with Gasteiger partial charge >= 0.3 is 5.97 Å². The zero-order valence-corrected chi connectivity index (χ0v) is 19.2. The van der Waals surface area contributed by atoms with Gasteiger partial charge in [0.2, 0.25) is 0 Å². The molecule has 0 spiro atoms. The number of carbonyl (C=O) groups is 1. The molecule has 2 aromatic carbocycles. The monoisotopic (exact) mass is 477 g/mol. The van der Waals surface area contributed by atoms with Crippen LogP contribution in [0.2, 0.25) is 0 Å². The topological polar surface area (TPSA) is 96.3 Å². The van der Waals surface area contributed by atoms with Crippen molar-refractivity contribution in [3.63, 3.8) is 0 Å². The van der Waals surface area contributed by atoms with Crippen LogP contribution >= 0.6 is 0 Å². The Balaban J connectivity index is 1.44. The number of esters is 1. The van der Waals surface area contributed by atoms with E-state index < -0.39 is 43.0 Å². The van der Waals surface area contributed by atoms with Gasteiger partial charge in [-0.15, -0.1) is 0 Å². The Morgan fingerprint density at radius 3 is 1.91 bits per heavy atom. The minimum Gasteiger partial charge on any atom is -0.464 e. The fourth-order valence-corrected chi connectivity index (χ4v) is 4.42. The molecule has 8 heteroatoms. The molecule has 8 nitrogen and oxygen atoms in total. The van der Waals surface area contributed by atoms with Gasteiger partial charge in [0.15, 0.2) is 12.6 Å². The molecular formula is C27H27NO7. The normalized spacial score (nSPS) is 28.2. The number of hydrogen-bond donors (Lipinski definition) is 1. The van der Waals surface area contributed by atoms with Crippen LogP contribution in [0, 0.1) is 0 Å². The van der Waals surface area contributed by atoms with Crippen LogP contribution < -0.4 is 0 Å². The largest absolute Gasteiger partial charge is 0.464 e. The van der Waals surface area contributed by atoms with E-state index in [1.807, 2.05) is 66.7 Å². The van der Waals surface area contributed by atoms with Crippen molar-refractivity contribution in [3.8, 4) is 0 Å². The third-order valence-corrected chi connectivity index (χ3v) is 6.19. The molecular weight excluding hydrogens is 450 g/mol. The molecule has 182 valence electrons. The fraction of sp³-hybridized carbons (Fsp3) is 0.333. The lowest BCUT2D eigenvalue weighted by Gasteiger charge is -2.49. The number of aliphatic hydroxyl groups excluding tert-OH is 1. The number of aliphatic hydroxyl groups is 1. The molecule has 2 fully saturated rings. The Kier molecular flexibility index (Phi) is 7.17. The van der Waals surface area contributed by atoms with E-state index in [0.29, 0.717) is 6.42 Å². The number of pyridine rings is 1. The molecule has 1 N–H and O–H groups in total. The maximum absolute atomic E-state index is 11.8. The maximum Gasteiger partial charge on any atom is 0.356 e. The molecule has 2 saturated heterocycles. The van der Waals surface area contributed by atoms with Crippen molar-refractivity contribution < 1.29 is 33.6 Å². The van der Waals surface area contributed by atoms with Crippen LogP contribution in [0.5, 0.6) is 0 Å². The second-order valence-electron chi connectivity index (χ2n) is 8.47. The smallest absolute Gasteiger partial charge is 0.356 e. The van der Waals surface area contributed by atoms with Crippen LogP contribution in [0.4, 0.5) is 0 Å². The highest BCUT2D eigenvalue weighted by molar-refractivity contribution is 5.86. The van der Waals surface area contributed by atoms with Gasteiger partial charge in [0, 0.05) is 23.7 Å². The number of nitrogens with zero attached hydrogens (tertiary/aromatic N) is 1. The van der Waals surface area contributed by atoms with E-state index in [1.165, 1.54) is 7.11 Å². The van der Waals surface area contributed by atoms with Gasteiger partial charge in [-0.1, -0.05) is 66.7 Å². The molecule has 2 aliphatic rings. The standard InChI is InChI=1S/C27H27NO7/c1-31-25(30)20-13-12-17(15-28-20)14-21-23-24(35-26(32-21)18-8-4-2-5-9-18)22(16-29)33-27(34-23)19-10-6-3-7-11-19/h2-13,15,21-24,26-27,29H,14,16H2,1H3/t21-,22-,23+,24-,26?,27?/m1/s1. The van der Waals surface area contributed by atoms with Gasteiger partial charge in [0.1, 0.15) is 24.0 Å². The molecule has 3 aromatic rings. The summed E-state index contributed by atoms with van der Waals surface area (Å²) >= 11 is 0. The quantitative estimate of drug-likeness (QED) is 0.540. The zero-order valence-electron chi connectivity index (χ0n) is 19.2. The van der Waals surface area contributed by atoms with Crippen molar-refractivity contribution in [2.45, 2.75) is 43.4 Å². The number of carbonyl (C=O) groups excluding carboxylic acids is 1. The Morgan fingerprint density at radius 1 is 0.829 bits per heavy atom. The van der Waals surface area contributed by atoms with Gasteiger partial charge in [-0.05, 0) is 11.6 Å². The number of rotatable bonds is 6. The van der Waals surface area contributed by atoms with Gasteiger partial charge in [-0.3, -0.25) is 0 Å². The molecule has 0 amide bonds. The van der Waals surface area contributed by atoms with E-state index in [9.17, 15) is 9.90 Å². The van der Waals surface area contributed by atoms with Crippen molar-refractivity contribution in [3.05, 3.63) is 101 Å². The van der Waals surface area contributed by atoms with Crippen LogP contribution in [0.25, 0.3) is 0 Å². The Hall–Kier alpha value is -3.14. The number of hydrogen-bond acceptors (Lipinski definition) is 8. The predicted octanol–water partition coefficient (Wildman–Crippen LogP) is 3.37. The summed E-state index contributed by atoms with van der Waals surface area (Å²) < 4.78 is 29.9. The highest BCUT2D eigenvalue weighted by Crippen LogP contribution is 2.41. The summed E-state index contributed by atoms with van der Waals surface area (Å²) in [7, 11) is 1.32. The number of methoxy groups -OCH3 is 1. The minimum atomic E-state index is -0.669. The molecule has 6 atom stereocenters. The van der Waals surface area contributed by atoms with E-state index in [-0.39, 0.29) is 12.3 Å². The number of ether oxygens (including phenoxy) is 5. The summed E-state index contributed by atoms with van der Waals surface area (Å²) in [6.07, 6.45) is -1.31. The molecule has 3 heterocycles. The number of fused-ring (bicyclic) bond motifs is 1. The van der Waals surface area contributed by atoms with Gasteiger partial charge in [-0.25, -0.2) is 9.78 Å². The van der Waals surface area contributed by atoms with Gasteiger partial charge < -0.3 is 28.8 Å². The lowest BCUT2D eigenvalue weighted by molar-refractivity contribution is -0.384. The lowest BCUT2D eigenvalue weighted by atomic mass is 9.94. The third kappa shape index (κ3) is 5.12. The second-order valence-corrected chi connectivity index (χ2v) is 8.47. The summed E-state index contributed by atoms with van der Waals surface area (Å²) in [5.41, 5.74) is 2.80. The average molecular weight is 478 g/mol. The second kappa shape index (κ2) is 10.6. The molecule has 2 aliphatic heterocycles. The summed E-state index contributed by atoms with van der Waals surface area (Å²) in [5, 5.41) is 10.2. The molecule has 35 heavy (non-hydrogen) atoms. The fourth-order valence-electron chi connectivity index (χ4n) is 4.42. The van der Waals surface area contributed by atoms with Crippen LogP contribution in [0.1, 0.15) is 39.8 Å². The molecule has 1 aromatic heterocycles. The van der Waals surface area contributed by atoms with E-state index in [0.717, 1.165) is 16.7 Å². The molecule has 0 bridgehead atoms. The van der Waals surface area contributed by atoms with E-state index in [1.54, 1.807) is 12.3 Å². The first kappa shape index (κ1) is 23.6. The van der Waals surface area contributed by atoms with Crippen molar-refractivity contribution in [2.24, 2.45) is 0 Å². The molecule has 0 saturated carbocycles. The molecule has 0 aliphatic carbocycles. The highest BCUT2D eigenvalue weighted by Gasteiger charge is 2.50. The average Bonchev–Trinajstić information content (AvgIpc) is 2.93. The van der Waals surface area contributed by atoms with Gasteiger partial charge in [0.05, 0.1) is 19.8 Å². The Labute approximate surface area is 203 Å². The Bertz CT molecular complexity index is 1110. The SMILES string of the molecule is COC(=O)c1ccc(C[C@H]2OC(c3ccccc3)O[C@H]3[C@H]2OC(c2ccccc2)O[C@@H]3CO)cn1. The van der Waals surface area contributed by atoms with E-state index >= 15 is 0 Å². The summed E-state index contributed by atoms with van der Waals surface area (Å²) in [6.45, 7) is -0.225.